The van der Waals surface area contributed by atoms with Crippen molar-refractivity contribution in [3.05, 3.63) is 12.4 Å². The maximum absolute atomic E-state index is 12.1. The Labute approximate surface area is 124 Å². The topological polar surface area (TPSA) is 70.5 Å². The normalized spacial score (nSPS) is 15.2. The van der Waals surface area contributed by atoms with Gasteiger partial charge in [0.1, 0.15) is 6.54 Å². The SMILES string of the molecule is CNCCC(=O)N1CCN(c2cnn(C)c2)C(=O)C1.Cl. The summed E-state index contributed by atoms with van der Waals surface area (Å²) in [6.45, 7) is 1.88. The molecule has 0 atom stereocenters. The molecule has 0 aliphatic carbocycles. The van der Waals surface area contributed by atoms with Crippen molar-refractivity contribution in [2.75, 3.05) is 38.1 Å². The van der Waals surface area contributed by atoms with Crippen molar-refractivity contribution in [2.24, 2.45) is 7.05 Å². The molecule has 0 saturated carbocycles. The summed E-state index contributed by atoms with van der Waals surface area (Å²) in [6, 6.07) is 0. The summed E-state index contributed by atoms with van der Waals surface area (Å²) >= 11 is 0. The molecule has 0 unspecified atom stereocenters. The smallest absolute Gasteiger partial charge is 0.246 e. The number of rotatable bonds is 4. The molecule has 1 aromatic heterocycles. The van der Waals surface area contributed by atoms with Crippen LogP contribution in [-0.2, 0) is 16.6 Å². The second-order valence-electron chi connectivity index (χ2n) is 4.59. The predicted molar refractivity (Wildman–Crippen MR) is 77.9 cm³/mol. The van der Waals surface area contributed by atoms with E-state index < -0.39 is 0 Å². The minimum absolute atomic E-state index is 0. The van der Waals surface area contributed by atoms with Crippen molar-refractivity contribution in [3.8, 4) is 0 Å². The number of piperazine rings is 1. The standard InChI is InChI=1S/C12H19N5O2.ClH/c1-13-4-3-11(18)16-5-6-17(12(19)9-16)10-7-14-15(2)8-10;/h7-8,13H,3-6,9H2,1-2H3;1H. The van der Waals surface area contributed by atoms with Crippen LogP contribution in [0, 0.1) is 0 Å². The van der Waals surface area contributed by atoms with Gasteiger partial charge >= 0.3 is 0 Å². The zero-order valence-corrected chi connectivity index (χ0v) is 12.5. The average Bonchev–Trinajstić information content (AvgIpc) is 2.82. The molecule has 20 heavy (non-hydrogen) atoms. The van der Waals surface area contributed by atoms with Crippen LogP contribution in [0.15, 0.2) is 12.4 Å². The number of carbonyl (C=O) groups is 2. The molecule has 112 valence electrons. The first-order chi connectivity index (χ1) is 9.11. The van der Waals surface area contributed by atoms with Gasteiger partial charge in [-0.3, -0.25) is 14.3 Å². The molecule has 2 amide bonds. The van der Waals surface area contributed by atoms with Gasteiger partial charge in [-0.1, -0.05) is 0 Å². The molecule has 0 spiro atoms. The Bertz CT molecular complexity index is 476. The van der Waals surface area contributed by atoms with Gasteiger partial charge in [0.2, 0.25) is 11.8 Å². The lowest BCUT2D eigenvalue weighted by Crippen LogP contribution is -2.52. The van der Waals surface area contributed by atoms with E-state index in [1.165, 1.54) is 0 Å². The van der Waals surface area contributed by atoms with Gasteiger partial charge in [0.15, 0.2) is 0 Å². The number of hydrogen-bond acceptors (Lipinski definition) is 4. The average molecular weight is 302 g/mol. The number of hydrogen-bond donors (Lipinski definition) is 1. The van der Waals surface area contributed by atoms with Crippen molar-refractivity contribution in [1.82, 2.24) is 20.0 Å². The van der Waals surface area contributed by atoms with Crippen LogP contribution in [0.1, 0.15) is 6.42 Å². The third-order valence-electron chi connectivity index (χ3n) is 3.17. The van der Waals surface area contributed by atoms with Crippen LogP contribution >= 0.6 is 12.4 Å². The minimum Gasteiger partial charge on any atom is -0.332 e. The third kappa shape index (κ3) is 3.71. The van der Waals surface area contributed by atoms with Crippen LogP contribution < -0.4 is 10.2 Å². The summed E-state index contributed by atoms with van der Waals surface area (Å²) in [4.78, 5) is 27.2. The van der Waals surface area contributed by atoms with E-state index in [-0.39, 0.29) is 30.8 Å². The van der Waals surface area contributed by atoms with E-state index in [0.717, 1.165) is 5.69 Å². The molecule has 1 fully saturated rings. The van der Waals surface area contributed by atoms with Crippen LogP contribution in [0.5, 0.6) is 0 Å². The van der Waals surface area contributed by atoms with Crippen molar-refractivity contribution < 1.29 is 9.59 Å². The molecule has 8 heteroatoms. The number of amides is 2. The van der Waals surface area contributed by atoms with E-state index >= 15 is 0 Å². The summed E-state index contributed by atoms with van der Waals surface area (Å²) < 4.78 is 1.66. The fourth-order valence-corrected chi connectivity index (χ4v) is 2.10. The Balaban J connectivity index is 0.00000200. The molecule has 1 aromatic rings. The highest BCUT2D eigenvalue weighted by Gasteiger charge is 2.28. The number of aryl methyl sites for hydroxylation is 1. The number of anilines is 1. The summed E-state index contributed by atoms with van der Waals surface area (Å²) in [7, 11) is 3.62. The molecular weight excluding hydrogens is 282 g/mol. The first-order valence-electron chi connectivity index (χ1n) is 6.33. The zero-order valence-electron chi connectivity index (χ0n) is 11.7. The van der Waals surface area contributed by atoms with Crippen molar-refractivity contribution in [2.45, 2.75) is 6.42 Å². The van der Waals surface area contributed by atoms with E-state index in [1.54, 1.807) is 33.9 Å². The van der Waals surface area contributed by atoms with Crippen LogP contribution in [0.2, 0.25) is 0 Å². The van der Waals surface area contributed by atoms with Gasteiger partial charge in [-0.25, -0.2) is 0 Å². The third-order valence-corrected chi connectivity index (χ3v) is 3.17. The lowest BCUT2D eigenvalue weighted by atomic mass is 10.2. The molecule has 1 aliphatic heterocycles. The van der Waals surface area contributed by atoms with Crippen LogP contribution in [0.3, 0.4) is 0 Å². The lowest BCUT2D eigenvalue weighted by molar-refractivity contribution is -0.136. The Morgan fingerprint density at radius 2 is 2.20 bits per heavy atom. The van der Waals surface area contributed by atoms with Crippen molar-refractivity contribution >= 4 is 29.9 Å². The molecule has 1 N–H and O–H groups in total. The largest absolute Gasteiger partial charge is 0.332 e. The second-order valence-corrected chi connectivity index (χ2v) is 4.59. The molecular formula is C12H20ClN5O2. The monoisotopic (exact) mass is 301 g/mol. The van der Waals surface area contributed by atoms with Gasteiger partial charge in [-0.15, -0.1) is 12.4 Å². The van der Waals surface area contributed by atoms with E-state index in [0.29, 0.717) is 26.1 Å². The predicted octanol–water partition coefficient (Wildman–Crippen LogP) is -0.373. The van der Waals surface area contributed by atoms with E-state index in [1.807, 2.05) is 7.05 Å². The first-order valence-corrected chi connectivity index (χ1v) is 6.33. The first kappa shape index (κ1) is 16.5. The van der Waals surface area contributed by atoms with Crippen LogP contribution in [-0.4, -0.2) is 59.7 Å². The Morgan fingerprint density at radius 3 is 2.75 bits per heavy atom. The second kappa shape index (κ2) is 7.25. The highest BCUT2D eigenvalue weighted by Crippen LogP contribution is 2.16. The molecule has 0 aromatic carbocycles. The van der Waals surface area contributed by atoms with Crippen LogP contribution in [0.4, 0.5) is 5.69 Å². The van der Waals surface area contributed by atoms with Crippen molar-refractivity contribution in [3.63, 3.8) is 0 Å². The molecule has 7 nitrogen and oxygen atoms in total. The maximum Gasteiger partial charge on any atom is 0.246 e. The van der Waals surface area contributed by atoms with E-state index in [2.05, 4.69) is 10.4 Å². The molecule has 1 saturated heterocycles. The van der Waals surface area contributed by atoms with Gasteiger partial charge in [-0.05, 0) is 7.05 Å². The van der Waals surface area contributed by atoms with Gasteiger partial charge in [0.25, 0.3) is 0 Å². The van der Waals surface area contributed by atoms with Gasteiger partial charge in [0, 0.05) is 39.3 Å². The van der Waals surface area contributed by atoms with Gasteiger partial charge in [0.05, 0.1) is 11.9 Å². The summed E-state index contributed by atoms with van der Waals surface area (Å²) in [5.41, 5.74) is 0.787. The van der Waals surface area contributed by atoms with E-state index in [9.17, 15) is 9.59 Å². The lowest BCUT2D eigenvalue weighted by Gasteiger charge is -2.33. The highest BCUT2D eigenvalue weighted by atomic mass is 35.5. The van der Waals surface area contributed by atoms with Crippen LogP contribution in [0.25, 0.3) is 0 Å². The van der Waals surface area contributed by atoms with E-state index in [4.69, 9.17) is 0 Å². The van der Waals surface area contributed by atoms with Gasteiger partial charge in [-0.2, -0.15) is 5.10 Å². The highest BCUT2D eigenvalue weighted by molar-refractivity contribution is 5.97. The zero-order chi connectivity index (χ0) is 13.8. The summed E-state index contributed by atoms with van der Waals surface area (Å²) in [5.74, 6) is -0.0365. The molecule has 0 bridgehead atoms. The number of halogens is 1. The molecule has 0 radical (unpaired) electrons. The fourth-order valence-electron chi connectivity index (χ4n) is 2.10. The quantitative estimate of drug-likeness (QED) is 0.823. The summed E-state index contributed by atoms with van der Waals surface area (Å²) in [5, 5.41) is 6.99. The maximum atomic E-state index is 12.1. The minimum atomic E-state index is -0.0583. The number of aromatic nitrogens is 2. The Morgan fingerprint density at radius 1 is 1.45 bits per heavy atom. The molecule has 2 heterocycles. The summed E-state index contributed by atoms with van der Waals surface area (Å²) in [6.07, 6.45) is 3.89. The molecule has 1 aliphatic rings. The van der Waals surface area contributed by atoms with Gasteiger partial charge < -0.3 is 15.1 Å². The Kier molecular flexibility index (Phi) is 5.97. The fraction of sp³-hybridized carbons (Fsp3) is 0.583. The number of nitrogens with one attached hydrogen (secondary N) is 1. The molecule has 2 rings (SSSR count). The number of nitrogens with zero attached hydrogens (tertiary/aromatic N) is 4. The number of carbonyl (C=O) groups excluding carboxylic acids is 2. The Hall–Kier alpha value is -1.60. The van der Waals surface area contributed by atoms with Crippen molar-refractivity contribution in [1.29, 1.82) is 0 Å².